The van der Waals surface area contributed by atoms with Crippen molar-refractivity contribution in [1.29, 1.82) is 0 Å². The molecule has 0 unspecified atom stereocenters. The highest BCUT2D eigenvalue weighted by molar-refractivity contribution is 5.86. The van der Waals surface area contributed by atoms with Crippen LogP contribution in [0, 0.1) is 11.6 Å². The average molecular weight is 394 g/mol. The summed E-state index contributed by atoms with van der Waals surface area (Å²) in [6.45, 7) is 0.356. The van der Waals surface area contributed by atoms with E-state index in [0.717, 1.165) is 28.5 Å². The van der Waals surface area contributed by atoms with Crippen LogP contribution in [0.3, 0.4) is 0 Å². The fourth-order valence-electron chi connectivity index (χ4n) is 2.98. The second-order valence-electron chi connectivity index (χ2n) is 6.28. The summed E-state index contributed by atoms with van der Waals surface area (Å²) >= 11 is 0. The van der Waals surface area contributed by atoms with Gasteiger partial charge in [-0.1, -0.05) is 42.5 Å². The lowest BCUT2D eigenvalue weighted by atomic mass is 10.0. The first kappa shape index (κ1) is 18.5. The molecule has 0 spiro atoms. The molecule has 3 aromatic carbocycles. The summed E-state index contributed by atoms with van der Waals surface area (Å²) < 4.78 is 27.8. The second kappa shape index (κ2) is 8.01. The molecule has 0 saturated heterocycles. The monoisotopic (exact) mass is 394 g/mol. The number of nitrogens with zero attached hydrogens (tertiary/aromatic N) is 4. The number of halogens is 2. The Kier molecular flexibility index (Phi) is 5.10. The Morgan fingerprint density at radius 2 is 1.72 bits per heavy atom. The van der Waals surface area contributed by atoms with Crippen molar-refractivity contribution in [1.82, 2.24) is 30.8 Å². The average Bonchev–Trinajstić information content (AvgIpc) is 3.21. The standard InChI is InChI=1S/C20H16F2N6O/c21-17-9-8-15(10-18(17)22)28-19(25-26-27-28)12-24-20(29)23-11-14-6-3-5-13-4-1-2-7-16(13)14/h1-10H,11-12H2,(H2,23,24,29). The third-order valence-electron chi connectivity index (χ3n) is 4.41. The number of urea groups is 1. The van der Waals surface area contributed by atoms with Crippen LogP contribution in [0.5, 0.6) is 0 Å². The molecule has 1 heterocycles. The molecule has 1 aromatic heterocycles. The van der Waals surface area contributed by atoms with Crippen LogP contribution in [-0.4, -0.2) is 26.2 Å². The summed E-state index contributed by atoms with van der Waals surface area (Å²) in [5.41, 5.74) is 1.24. The predicted octanol–water partition coefficient (Wildman–Crippen LogP) is 3.09. The molecule has 29 heavy (non-hydrogen) atoms. The van der Waals surface area contributed by atoms with Crippen molar-refractivity contribution in [2.45, 2.75) is 13.1 Å². The van der Waals surface area contributed by atoms with Gasteiger partial charge in [-0.25, -0.2) is 13.6 Å². The van der Waals surface area contributed by atoms with Crippen LogP contribution >= 0.6 is 0 Å². The van der Waals surface area contributed by atoms with E-state index < -0.39 is 17.7 Å². The van der Waals surface area contributed by atoms with Crippen LogP contribution in [0.4, 0.5) is 13.6 Å². The first-order valence-electron chi connectivity index (χ1n) is 8.83. The van der Waals surface area contributed by atoms with Gasteiger partial charge in [-0.05, 0) is 38.9 Å². The minimum absolute atomic E-state index is 0.00731. The van der Waals surface area contributed by atoms with E-state index in [4.69, 9.17) is 0 Å². The zero-order valence-electron chi connectivity index (χ0n) is 15.1. The van der Waals surface area contributed by atoms with Crippen molar-refractivity contribution >= 4 is 16.8 Å². The second-order valence-corrected chi connectivity index (χ2v) is 6.28. The summed E-state index contributed by atoms with van der Waals surface area (Å²) in [4.78, 5) is 12.2. The largest absolute Gasteiger partial charge is 0.334 e. The third-order valence-corrected chi connectivity index (χ3v) is 4.41. The predicted molar refractivity (Wildman–Crippen MR) is 102 cm³/mol. The summed E-state index contributed by atoms with van der Waals surface area (Å²) in [6, 6.07) is 16.7. The summed E-state index contributed by atoms with van der Waals surface area (Å²) in [6.07, 6.45) is 0. The van der Waals surface area contributed by atoms with Gasteiger partial charge in [0.1, 0.15) is 0 Å². The maximum absolute atomic E-state index is 13.5. The number of tetrazole rings is 1. The minimum atomic E-state index is -1.01. The van der Waals surface area contributed by atoms with Crippen molar-refractivity contribution in [3.63, 3.8) is 0 Å². The Balaban J connectivity index is 1.39. The van der Waals surface area contributed by atoms with E-state index in [1.165, 1.54) is 10.7 Å². The Hall–Kier alpha value is -3.88. The molecule has 0 saturated carbocycles. The van der Waals surface area contributed by atoms with Gasteiger partial charge < -0.3 is 10.6 Å². The number of amides is 2. The van der Waals surface area contributed by atoms with Crippen LogP contribution in [0.15, 0.2) is 60.7 Å². The molecule has 0 aliphatic carbocycles. The van der Waals surface area contributed by atoms with Crippen LogP contribution in [-0.2, 0) is 13.1 Å². The van der Waals surface area contributed by atoms with Crippen LogP contribution in [0.25, 0.3) is 16.5 Å². The van der Waals surface area contributed by atoms with Crippen LogP contribution in [0.2, 0.25) is 0 Å². The number of benzene rings is 3. The van der Waals surface area contributed by atoms with Gasteiger partial charge in [-0.15, -0.1) is 5.10 Å². The van der Waals surface area contributed by atoms with Crippen molar-refractivity contribution in [2.75, 3.05) is 0 Å². The Morgan fingerprint density at radius 3 is 2.59 bits per heavy atom. The molecule has 4 aromatic rings. The molecule has 0 aliphatic rings. The fourth-order valence-corrected chi connectivity index (χ4v) is 2.98. The molecule has 0 bridgehead atoms. The Bertz CT molecular complexity index is 1170. The van der Waals surface area contributed by atoms with Crippen molar-refractivity contribution in [2.24, 2.45) is 0 Å². The van der Waals surface area contributed by atoms with E-state index in [9.17, 15) is 13.6 Å². The molecule has 2 N–H and O–H groups in total. The number of fused-ring (bicyclic) bond motifs is 1. The molecular formula is C20H16F2N6O. The van der Waals surface area contributed by atoms with E-state index in [0.29, 0.717) is 6.54 Å². The zero-order valence-corrected chi connectivity index (χ0v) is 15.1. The van der Waals surface area contributed by atoms with Gasteiger partial charge in [0.2, 0.25) is 0 Å². The Morgan fingerprint density at radius 1 is 0.931 bits per heavy atom. The van der Waals surface area contributed by atoms with Crippen molar-refractivity contribution < 1.29 is 13.6 Å². The maximum atomic E-state index is 13.5. The van der Waals surface area contributed by atoms with E-state index in [1.54, 1.807) is 0 Å². The van der Waals surface area contributed by atoms with Gasteiger partial charge in [0.05, 0.1) is 12.2 Å². The summed E-state index contributed by atoms with van der Waals surface area (Å²) in [5.74, 6) is -1.70. The maximum Gasteiger partial charge on any atom is 0.315 e. The third kappa shape index (κ3) is 4.03. The van der Waals surface area contributed by atoms with E-state index in [1.807, 2.05) is 42.5 Å². The number of rotatable bonds is 5. The molecule has 0 aliphatic heterocycles. The number of hydrogen-bond acceptors (Lipinski definition) is 4. The highest BCUT2D eigenvalue weighted by Crippen LogP contribution is 2.18. The van der Waals surface area contributed by atoms with Gasteiger partial charge in [0, 0.05) is 12.6 Å². The van der Waals surface area contributed by atoms with Crippen molar-refractivity contribution in [3.8, 4) is 5.69 Å². The molecular weight excluding hydrogens is 378 g/mol. The molecule has 2 amide bonds. The molecule has 0 fully saturated rings. The molecule has 9 heteroatoms. The minimum Gasteiger partial charge on any atom is -0.334 e. The van der Waals surface area contributed by atoms with E-state index in [2.05, 4.69) is 26.2 Å². The first-order chi connectivity index (χ1) is 14.1. The van der Waals surface area contributed by atoms with Crippen LogP contribution < -0.4 is 10.6 Å². The van der Waals surface area contributed by atoms with E-state index >= 15 is 0 Å². The SMILES string of the molecule is O=C(NCc1cccc2ccccc12)NCc1nnnn1-c1ccc(F)c(F)c1. The Labute approximate surface area is 164 Å². The lowest BCUT2D eigenvalue weighted by Crippen LogP contribution is -2.35. The molecule has 0 radical (unpaired) electrons. The molecule has 4 rings (SSSR count). The zero-order chi connectivity index (χ0) is 20.2. The topological polar surface area (TPSA) is 84.7 Å². The van der Waals surface area contributed by atoms with Crippen molar-refractivity contribution in [3.05, 3.63) is 83.7 Å². The highest BCUT2D eigenvalue weighted by atomic mass is 19.2. The highest BCUT2D eigenvalue weighted by Gasteiger charge is 2.12. The summed E-state index contributed by atoms with van der Waals surface area (Å²) in [5, 5.41) is 18.7. The number of carbonyl (C=O) groups excluding carboxylic acids is 1. The number of aromatic nitrogens is 4. The fraction of sp³-hybridized carbons (Fsp3) is 0.100. The lowest BCUT2D eigenvalue weighted by Gasteiger charge is -2.10. The molecule has 0 atom stereocenters. The summed E-state index contributed by atoms with van der Waals surface area (Å²) in [7, 11) is 0. The lowest BCUT2D eigenvalue weighted by molar-refractivity contribution is 0.240. The van der Waals surface area contributed by atoms with Crippen LogP contribution in [0.1, 0.15) is 11.4 Å². The van der Waals surface area contributed by atoms with E-state index in [-0.39, 0.29) is 18.1 Å². The van der Waals surface area contributed by atoms with Gasteiger partial charge in [0.15, 0.2) is 17.5 Å². The number of nitrogens with one attached hydrogen (secondary N) is 2. The number of hydrogen-bond donors (Lipinski definition) is 2. The van der Waals surface area contributed by atoms with Gasteiger partial charge in [0.25, 0.3) is 0 Å². The van der Waals surface area contributed by atoms with Gasteiger partial charge >= 0.3 is 6.03 Å². The first-order valence-corrected chi connectivity index (χ1v) is 8.83. The molecule has 7 nitrogen and oxygen atoms in total. The normalized spacial score (nSPS) is 10.8. The number of carbonyl (C=O) groups is 1. The van der Waals surface area contributed by atoms with Gasteiger partial charge in [-0.2, -0.15) is 4.68 Å². The van der Waals surface area contributed by atoms with Gasteiger partial charge in [-0.3, -0.25) is 0 Å². The quantitative estimate of drug-likeness (QED) is 0.545. The molecule has 146 valence electrons. The smallest absolute Gasteiger partial charge is 0.315 e.